The van der Waals surface area contributed by atoms with E-state index in [-0.39, 0.29) is 30.1 Å². The molecule has 146 valence electrons. The van der Waals surface area contributed by atoms with Crippen molar-refractivity contribution in [2.24, 2.45) is 4.99 Å². The van der Waals surface area contributed by atoms with Gasteiger partial charge < -0.3 is 15.0 Å². The summed E-state index contributed by atoms with van der Waals surface area (Å²) in [7, 11) is 1.85. The lowest BCUT2D eigenvalue weighted by atomic mass is 10.1. The topological polar surface area (TPSA) is 49.8 Å². The van der Waals surface area contributed by atoms with Crippen molar-refractivity contribution in [3.63, 3.8) is 0 Å². The van der Waals surface area contributed by atoms with Crippen molar-refractivity contribution in [3.8, 4) is 5.75 Å². The maximum Gasteiger partial charge on any atom is 0.193 e. The maximum atomic E-state index is 6.08. The van der Waals surface area contributed by atoms with Gasteiger partial charge in [0.05, 0.1) is 0 Å². The predicted octanol–water partition coefficient (Wildman–Crippen LogP) is 3.67. The number of ether oxygens (including phenoxy) is 1. The first kappa shape index (κ1) is 21.5. The van der Waals surface area contributed by atoms with E-state index in [0.29, 0.717) is 0 Å². The van der Waals surface area contributed by atoms with E-state index in [1.807, 2.05) is 49.8 Å². The van der Waals surface area contributed by atoms with E-state index in [0.717, 1.165) is 50.6 Å². The standard InChI is InChI=1S/C21H28N4O.HI/c1-17-16-23-12-8-18(17)9-13-24-21(22-2)25-14-10-20(11-15-25)26-19-6-4-3-5-7-19;/h3-8,12,16,20H,9-11,13-15H2,1-2H3,(H,22,24);1H. The quantitative estimate of drug-likeness (QED) is 0.403. The third-order valence-corrected chi connectivity index (χ3v) is 4.81. The smallest absolute Gasteiger partial charge is 0.193 e. The maximum absolute atomic E-state index is 6.08. The second-order valence-electron chi connectivity index (χ2n) is 6.64. The van der Waals surface area contributed by atoms with Crippen molar-refractivity contribution in [3.05, 3.63) is 59.9 Å². The van der Waals surface area contributed by atoms with Gasteiger partial charge in [-0.25, -0.2) is 0 Å². The number of nitrogens with zero attached hydrogens (tertiary/aromatic N) is 3. The fraction of sp³-hybridized carbons (Fsp3) is 0.429. The molecular weight excluding hydrogens is 451 g/mol. The molecule has 27 heavy (non-hydrogen) atoms. The molecule has 0 saturated carbocycles. The Morgan fingerprint density at radius 3 is 2.63 bits per heavy atom. The van der Waals surface area contributed by atoms with Crippen LogP contribution in [0.3, 0.4) is 0 Å². The fourth-order valence-corrected chi connectivity index (χ4v) is 3.30. The Morgan fingerprint density at radius 1 is 1.22 bits per heavy atom. The van der Waals surface area contributed by atoms with Crippen molar-refractivity contribution >= 4 is 29.9 Å². The second kappa shape index (κ2) is 11.1. The Hall–Kier alpha value is -1.83. The van der Waals surface area contributed by atoms with E-state index in [9.17, 15) is 0 Å². The van der Waals surface area contributed by atoms with Crippen molar-refractivity contribution in [1.82, 2.24) is 15.2 Å². The van der Waals surface area contributed by atoms with Crippen molar-refractivity contribution < 1.29 is 4.74 Å². The van der Waals surface area contributed by atoms with Crippen LogP contribution in [0.5, 0.6) is 5.75 Å². The summed E-state index contributed by atoms with van der Waals surface area (Å²) < 4.78 is 6.08. The van der Waals surface area contributed by atoms with E-state index < -0.39 is 0 Å². The van der Waals surface area contributed by atoms with Crippen molar-refractivity contribution in [2.45, 2.75) is 32.3 Å². The molecule has 1 N–H and O–H groups in total. The van der Waals surface area contributed by atoms with Crippen LogP contribution in [0, 0.1) is 6.92 Å². The lowest BCUT2D eigenvalue weighted by molar-refractivity contribution is 0.129. The summed E-state index contributed by atoms with van der Waals surface area (Å²) in [5, 5.41) is 3.49. The summed E-state index contributed by atoms with van der Waals surface area (Å²) in [5.74, 6) is 1.94. The minimum Gasteiger partial charge on any atom is -0.490 e. The number of pyridine rings is 1. The summed E-state index contributed by atoms with van der Waals surface area (Å²) in [5.41, 5.74) is 2.57. The summed E-state index contributed by atoms with van der Waals surface area (Å²) in [6.45, 7) is 4.91. The molecule has 1 aromatic heterocycles. The molecule has 2 heterocycles. The van der Waals surface area contributed by atoms with E-state index in [1.165, 1.54) is 11.1 Å². The van der Waals surface area contributed by atoms with Gasteiger partial charge in [0.15, 0.2) is 5.96 Å². The number of nitrogens with one attached hydrogen (secondary N) is 1. The first-order valence-electron chi connectivity index (χ1n) is 9.33. The van der Waals surface area contributed by atoms with E-state index in [4.69, 9.17) is 4.74 Å². The minimum absolute atomic E-state index is 0. The van der Waals surface area contributed by atoms with Crippen LogP contribution in [0.15, 0.2) is 53.8 Å². The molecule has 1 aromatic carbocycles. The second-order valence-corrected chi connectivity index (χ2v) is 6.64. The Bertz CT molecular complexity index is 715. The molecule has 1 fully saturated rings. The van der Waals surface area contributed by atoms with E-state index in [2.05, 4.69) is 33.2 Å². The van der Waals surface area contributed by atoms with E-state index >= 15 is 0 Å². The molecule has 0 atom stereocenters. The van der Waals surface area contributed by atoms with Gasteiger partial charge in [0.25, 0.3) is 0 Å². The largest absolute Gasteiger partial charge is 0.490 e. The normalized spacial score (nSPS) is 15.2. The molecule has 0 radical (unpaired) electrons. The van der Waals surface area contributed by atoms with Crippen LogP contribution in [0.4, 0.5) is 0 Å². The highest BCUT2D eigenvalue weighted by Gasteiger charge is 2.22. The molecule has 1 saturated heterocycles. The number of likely N-dealkylation sites (tertiary alicyclic amines) is 1. The summed E-state index contributed by atoms with van der Waals surface area (Å²) in [6.07, 6.45) is 7.06. The Balaban J connectivity index is 0.00000261. The number of aryl methyl sites for hydroxylation is 1. The van der Waals surface area contributed by atoms with Gasteiger partial charge in [-0.2, -0.15) is 0 Å². The number of hydrogen-bond donors (Lipinski definition) is 1. The molecular formula is C21H29IN4O. The van der Waals surface area contributed by atoms with Crippen LogP contribution in [-0.2, 0) is 6.42 Å². The molecule has 0 aliphatic carbocycles. The minimum atomic E-state index is 0. The SMILES string of the molecule is CN=C(NCCc1ccncc1C)N1CCC(Oc2ccccc2)CC1.I. The molecule has 2 aromatic rings. The summed E-state index contributed by atoms with van der Waals surface area (Å²) in [4.78, 5) is 10.9. The molecule has 0 spiro atoms. The average Bonchev–Trinajstić information content (AvgIpc) is 2.68. The van der Waals surface area contributed by atoms with Crippen molar-refractivity contribution in [1.29, 1.82) is 0 Å². The van der Waals surface area contributed by atoms with Crippen LogP contribution in [0.25, 0.3) is 0 Å². The Morgan fingerprint density at radius 2 is 1.96 bits per heavy atom. The highest BCUT2D eigenvalue weighted by molar-refractivity contribution is 14.0. The van der Waals surface area contributed by atoms with Crippen LogP contribution in [0.1, 0.15) is 24.0 Å². The van der Waals surface area contributed by atoms with Crippen LogP contribution in [0.2, 0.25) is 0 Å². The first-order valence-corrected chi connectivity index (χ1v) is 9.33. The number of aromatic nitrogens is 1. The molecule has 6 heteroatoms. The summed E-state index contributed by atoms with van der Waals surface area (Å²) in [6, 6.07) is 12.2. The predicted molar refractivity (Wildman–Crippen MR) is 121 cm³/mol. The summed E-state index contributed by atoms with van der Waals surface area (Å²) >= 11 is 0. The van der Waals surface area contributed by atoms with Gasteiger partial charge in [-0.3, -0.25) is 9.98 Å². The fourth-order valence-electron chi connectivity index (χ4n) is 3.30. The monoisotopic (exact) mass is 480 g/mol. The number of para-hydroxylation sites is 1. The number of halogens is 1. The van der Waals surface area contributed by atoms with Gasteiger partial charge in [0, 0.05) is 51.9 Å². The van der Waals surface area contributed by atoms with Gasteiger partial charge in [-0.05, 0) is 42.7 Å². The zero-order chi connectivity index (χ0) is 18.2. The van der Waals surface area contributed by atoms with Crippen LogP contribution in [-0.4, -0.2) is 48.6 Å². The number of guanidine groups is 1. The zero-order valence-electron chi connectivity index (χ0n) is 16.1. The molecule has 1 aliphatic rings. The lowest BCUT2D eigenvalue weighted by Crippen LogP contribution is -2.47. The van der Waals surface area contributed by atoms with Gasteiger partial charge in [-0.1, -0.05) is 18.2 Å². The third-order valence-electron chi connectivity index (χ3n) is 4.81. The average molecular weight is 480 g/mol. The Kier molecular flexibility index (Phi) is 8.84. The van der Waals surface area contributed by atoms with Crippen molar-refractivity contribution in [2.75, 3.05) is 26.7 Å². The lowest BCUT2D eigenvalue weighted by Gasteiger charge is -2.34. The third kappa shape index (κ3) is 6.37. The first-order chi connectivity index (χ1) is 12.8. The number of aliphatic imine (C=N–C) groups is 1. The van der Waals surface area contributed by atoms with Gasteiger partial charge >= 0.3 is 0 Å². The van der Waals surface area contributed by atoms with Crippen LogP contribution < -0.4 is 10.1 Å². The molecule has 3 rings (SSSR count). The Labute approximate surface area is 179 Å². The highest BCUT2D eigenvalue weighted by atomic mass is 127. The number of piperidine rings is 1. The number of rotatable bonds is 5. The van der Waals surface area contributed by atoms with Gasteiger partial charge in [0.1, 0.15) is 11.9 Å². The highest BCUT2D eigenvalue weighted by Crippen LogP contribution is 2.18. The van der Waals surface area contributed by atoms with Gasteiger partial charge in [-0.15, -0.1) is 24.0 Å². The molecule has 0 bridgehead atoms. The molecule has 5 nitrogen and oxygen atoms in total. The molecule has 0 amide bonds. The number of benzene rings is 1. The van der Waals surface area contributed by atoms with E-state index in [1.54, 1.807) is 0 Å². The zero-order valence-corrected chi connectivity index (χ0v) is 18.4. The van der Waals surface area contributed by atoms with Crippen LogP contribution >= 0.6 is 24.0 Å². The van der Waals surface area contributed by atoms with Gasteiger partial charge in [0.2, 0.25) is 0 Å². The number of hydrogen-bond acceptors (Lipinski definition) is 3. The molecule has 1 aliphatic heterocycles. The molecule has 0 unspecified atom stereocenters.